The Morgan fingerprint density at radius 2 is 1.44 bits per heavy atom. The first-order chi connectivity index (χ1) is 29.8. The fourth-order valence-corrected chi connectivity index (χ4v) is 7.61. The van der Waals surface area contributed by atoms with Crippen LogP contribution in [-0.2, 0) is 52.9 Å². The Bertz CT molecular complexity index is 2140. The van der Waals surface area contributed by atoms with Crippen molar-refractivity contribution in [3.05, 3.63) is 120 Å². The number of fused-ring (bicyclic) bond motifs is 1. The van der Waals surface area contributed by atoms with Crippen LogP contribution >= 0.6 is 0 Å². The molecule has 7 N–H and O–H groups in total. The van der Waals surface area contributed by atoms with Gasteiger partial charge in [0.05, 0.1) is 31.7 Å². The molecule has 1 heterocycles. The number of aliphatic hydroxyl groups is 1. The van der Waals surface area contributed by atoms with Crippen molar-refractivity contribution in [3.8, 4) is 0 Å². The van der Waals surface area contributed by atoms with Crippen molar-refractivity contribution in [1.29, 1.82) is 0 Å². The number of hydrogen-bond acceptors (Lipinski definition) is 10. The highest BCUT2D eigenvalue weighted by atomic mass is 16.5. The van der Waals surface area contributed by atoms with Gasteiger partial charge in [-0.15, -0.1) is 0 Å². The number of hydrogen-bond donors (Lipinski definition) is 6. The number of likely N-dealkylation sites (tertiary alicyclic amines) is 1. The Morgan fingerprint density at radius 1 is 0.774 bits per heavy atom. The Labute approximate surface area is 362 Å². The molecule has 1 saturated heterocycles. The molecule has 62 heavy (non-hydrogen) atoms. The maximum atomic E-state index is 14.1. The van der Waals surface area contributed by atoms with E-state index in [9.17, 15) is 33.9 Å². The molecule has 4 aromatic rings. The topological polar surface area (TPSA) is 218 Å². The molecule has 0 bridgehead atoms. The van der Waals surface area contributed by atoms with Gasteiger partial charge in [0.15, 0.2) is 0 Å². The monoisotopic (exact) mass is 850 g/mol. The number of methoxy groups -OCH3 is 1. The van der Waals surface area contributed by atoms with Gasteiger partial charge >= 0.3 is 12.1 Å². The van der Waals surface area contributed by atoms with Gasteiger partial charge in [-0.05, 0) is 59.2 Å². The van der Waals surface area contributed by atoms with Crippen LogP contribution in [0.4, 0.5) is 4.79 Å². The van der Waals surface area contributed by atoms with Gasteiger partial charge in [0.1, 0.15) is 24.7 Å². The molecule has 0 aliphatic carbocycles. The summed E-state index contributed by atoms with van der Waals surface area (Å²) in [6.07, 6.45) is -0.695. The van der Waals surface area contributed by atoms with Crippen molar-refractivity contribution in [2.45, 2.75) is 95.3 Å². The van der Waals surface area contributed by atoms with Crippen LogP contribution in [0.3, 0.4) is 0 Å². The predicted octanol–water partition coefficient (Wildman–Crippen LogP) is 3.29. The first-order valence-corrected chi connectivity index (χ1v) is 21.0. The Balaban J connectivity index is 1.26. The Kier molecular flexibility index (Phi) is 17.4. The van der Waals surface area contributed by atoms with Crippen molar-refractivity contribution in [3.63, 3.8) is 0 Å². The Hall–Kier alpha value is -6.32. The third-order valence-corrected chi connectivity index (χ3v) is 11.3. The van der Waals surface area contributed by atoms with Crippen molar-refractivity contribution in [2.75, 3.05) is 20.2 Å². The van der Waals surface area contributed by atoms with Crippen LogP contribution in [0.25, 0.3) is 10.8 Å². The van der Waals surface area contributed by atoms with Crippen molar-refractivity contribution >= 4 is 46.5 Å². The van der Waals surface area contributed by atoms with E-state index in [2.05, 4.69) is 21.3 Å². The van der Waals surface area contributed by atoms with Gasteiger partial charge in [-0.25, -0.2) is 9.59 Å². The van der Waals surface area contributed by atoms with Gasteiger partial charge in [0, 0.05) is 13.0 Å². The van der Waals surface area contributed by atoms with Crippen molar-refractivity contribution < 1.29 is 43.3 Å². The van der Waals surface area contributed by atoms with E-state index < -0.39 is 78.4 Å². The smallest absolute Gasteiger partial charge is 0.408 e. The van der Waals surface area contributed by atoms with E-state index in [4.69, 9.17) is 15.2 Å². The quantitative estimate of drug-likeness (QED) is 0.0673. The second kappa shape index (κ2) is 23.0. The van der Waals surface area contributed by atoms with Gasteiger partial charge in [-0.3, -0.25) is 24.1 Å². The van der Waals surface area contributed by atoms with Gasteiger partial charge < -0.3 is 41.6 Å². The number of alkyl carbamates (subject to hydrolysis) is 1. The van der Waals surface area contributed by atoms with Crippen LogP contribution in [0, 0.1) is 5.92 Å². The van der Waals surface area contributed by atoms with Crippen LogP contribution in [0.15, 0.2) is 103 Å². The third kappa shape index (κ3) is 13.6. The average Bonchev–Trinajstić information content (AvgIpc) is 3.74. The second-order valence-corrected chi connectivity index (χ2v) is 15.8. The highest BCUT2D eigenvalue weighted by Gasteiger charge is 2.38. The molecule has 330 valence electrons. The van der Waals surface area contributed by atoms with E-state index in [-0.39, 0.29) is 31.9 Å². The molecule has 1 aliphatic heterocycles. The number of benzene rings is 4. The molecule has 7 atom stereocenters. The lowest BCUT2D eigenvalue weighted by atomic mass is 9.96. The van der Waals surface area contributed by atoms with Crippen LogP contribution in [0.2, 0.25) is 0 Å². The van der Waals surface area contributed by atoms with Gasteiger partial charge in [0.2, 0.25) is 23.6 Å². The first-order valence-electron chi connectivity index (χ1n) is 21.0. The number of nitrogens with two attached hydrogens (primary N) is 1. The van der Waals surface area contributed by atoms with Crippen LogP contribution in [-0.4, -0.2) is 102 Å². The minimum Gasteiger partial charge on any atom is -0.467 e. The number of ether oxygens (including phenoxy) is 2. The summed E-state index contributed by atoms with van der Waals surface area (Å²) in [6.45, 7) is 4.11. The summed E-state index contributed by atoms with van der Waals surface area (Å²) in [5.41, 5.74) is 7.80. The highest BCUT2D eigenvalue weighted by Crippen LogP contribution is 2.22. The number of nitrogens with one attached hydrogen (secondary N) is 4. The number of amides is 5. The average molecular weight is 851 g/mol. The molecule has 15 nitrogen and oxygen atoms in total. The summed E-state index contributed by atoms with van der Waals surface area (Å²) in [5.74, 6) is -3.46. The van der Waals surface area contributed by atoms with Crippen molar-refractivity contribution in [1.82, 2.24) is 26.2 Å². The summed E-state index contributed by atoms with van der Waals surface area (Å²) in [5, 5.41) is 24.8. The lowest BCUT2D eigenvalue weighted by Crippen LogP contribution is -2.59. The molecule has 15 heteroatoms. The third-order valence-electron chi connectivity index (χ3n) is 11.3. The molecule has 1 aliphatic rings. The SMILES string of the molecule is CCC(C)C(NC(=O)C1CCCN1CC(O)[C@H](Cc1ccccc1)NC(=O)C(CC(N)=O)NC(=O)OCc1ccccc1)C(=O)NC(Cc1ccc2ccccc2c1)C(=O)OC. The molecule has 5 amide bonds. The molecular formula is C47H58N6O9. The fourth-order valence-electron chi connectivity index (χ4n) is 7.61. The summed E-state index contributed by atoms with van der Waals surface area (Å²) in [7, 11) is 1.26. The lowest BCUT2D eigenvalue weighted by Gasteiger charge is -2.33. The molecule has 4 aromatic carbocycles. The zero-order valence-electron chi connectivity index (χ0n) is 35.5. The molecule has 0 radical (unpaired) electrons. The number of carbonyl (C=O) groups is 6. The minimum absolute atomic E-state index is 0.0285. The van der Waals surface area contributed by atoms with E-state index in [1.807, 2.05) is 97.6 Å². The van der Waals surface area contributed by atoms with Gasteiger partial charge in [0.25, 0.3) is 0 Å². The molecule has 0 aromatic heterocycles. The number of rotatable bonds is 21. The molecule has 5 rings (SSSR count). The number of primary amides is 1. The van der Waals surface area contributed by atoms with E-state index >= 15 is 0 Å². The zero-order chi connectivity index (χ0) is 44.6. The normalized spacial score (nSPS) is 16.7. The molecule has 1 fully saturated rings. The molecule has 6 unspecified atom stereocenters. The van der Waals surface area contributed by atoms with E-state index in [0.717, 1.165) is 27.5 Å². The summed E-state index contributed by atoms with van der Waals surface area (Å²) in [6, 6.07) is 26.7. The largest absolute Gasteiger partial charge is 0.467 e. The number of nitrogens with zero attached hydrogens (tertiary/aromatic N) is 1. The number of aliphatic hydroxyl groups excluding tert-OH is 1. The maximum Gasteiger partial charge on any atom is 0.408 e. The number of esters is 1. The second-order valence-electron chi connectivity index (χ2n) is 15.8. The molecule has 0 saturated carbocycles. The zero-order valence-corrected chi connectivity index (χ0v) is 35.5. The van der Waals surface area contributed by atoms with Gasteiger partial charge in [-0.2, -0.15) is 0 Å². The van der Waals surface area contributed by atoms with Crippen LogP contribution < -0.4 is 27.0 Å². The highest BCUT2D eigenvalue weighted by molar-refractivity contribution is 5.93. The summed E-state index contributed by atoms with van der Waals surface area (Å²) >= 11 is 0. The van der Waals surface area contributed by atoms with E-state index in [1.165, 1.54) is 7.11 Å². The van der Waals surface area contributed by atoms with Crippen LogP contribution in [0.1, 0.15) is 56.2 Å². The number of carbonyl (C=O) groups excluding carboxylic acids is 6. The lowest BCUT2D eigenvalue weighted by molar-refractivity contribution is -0.145. The predicted molar refractivity (Wildman–Crippen MR) is 233 cm³/mol. The Morgan fingerprint density at radius 3 is 2.10 bits per heavy atom. The number of β-amino-alcohol motifs (C(OH)–C–C–N with tert-alkyl or cyclic N) is 1. The van der Waals surface area contributed by atoms with Crippen LogP contribution in [0.5, 0.6) is 0 Å². The van der Waals surface area contributed by atoms with E-state index in [0.29, 0.717) is 25.8 Å². The molecule has 0 spiro atoms. The van der Waals surface area contributed by atoms with Crippen molar-refractivity contribution in [2.24, 2.45) is 11.7 Å². The van der Waals surface area contributed by atoms with E-state index in [1.54, 1.807) is 24.3 Å². The minimum atomic E-state index is -1.40. The summed E-state index contributed by atoms with van der Waals surface area (Å²) in [4.78, 5) is 81.3. The maximum absolute atomic E-state index is 14.1. The molecular weight excluding hydrogens is 793 g/mol. The standard InChI is InChI=1S/C47H58N6O9/c1-4-30(2)42(45(58)50-38(46(59)61-3)26-33-21-22-34-18-11-12-19-35(34)24-33)52-44(57)39-20-13-23-53(39)28-40(54)36(25-31-14-7-5-8-15-31)49-43(56)37(27-41(48)55)51-47(60)62-29-32-16-9-6-10-17-32/h5-12,14-19,21-22,24,30,36-40,42,54H,4,13,20,23,25-29H2,1-3H3,(H2,48,55)(H,49,56)(H,50,58)(H,51,60)(H,52,57)/t30?,36-,37?,38?,39?,40?,42?/m0/s1. The first kappa shape index (κ1) is 46.7. The summed E-state index contributed by atoms with van der Waals surface area (Å²) < 4.78 is 10.3. The fraction of sp³-hybridized carbons (Fsp3) is 0.404. The van der Waals surface area contributed by atoms with Gasteiger partial charge in [-0.1, -0.05) is 123 Å².